The molecule has 0 bridgehead atoms. The zero-order valence-corrected chi connectivity index (χ0v) is 27.6. The number of hydrogen-bond acceptors (Lipinski definition) is 7. The van der Waals surface area contributed by atoms with Gasteiger partial charge in [0.15, 0.2) is 0 Å². The van der Waals surface area contributed by atoms with Gasteiger partial charge in [0.1, 0.15) is 19.3 Å². The van der Waals surface area contributed by atoms with E-state index in [1.54, 1.807) is 6.92 Å². The van der Waals surface area contributed by atoms with E-state index in [1.807, 2.05) is 21.1 Å². The van der Waals surface area contributed by atoms with Gasteiger partial charge in [-0.15, -0.1) is 0 Å². The summed E-state index contributed by atoms with van der Waals surface area (Å²) in [4.78, 5) is 23.7. The van der Waals surface area contributed by atoms with Gasteiger partial charge in [-0.05, 0) is 51.4 Å². The van der Waals surface area contributed by atoms with Gasteiger partial charge in [-0.25, -0.2) is 0 Å². The van der Waals surface area contributed by atoms with Crippen LogP contribution >= 0.6 is 7.82 Å². The van der Waals surface area contributed by atoms with Crippen molar-refractivity contribution in [3.8, 4) is 0 Å². The van der Waals surface area contributed by atoms with Crippen LogP contribution in [0.25, 0.3) is 0 Å². The average molecular weight is 610 g/mol. The summed E-state index contributed by atoms with van der Waals surface area (Å²) in [5, 5.41) is 0. The van der Waals surface area contributed by atoms with E-state index in [0.717, 1.165) is 51.4 Å². The Balaban J connectivity index is 4.04. The Morgan fingerprint density at radius 1 is 0.738 bits per heavy atom. The van der Waals surface area contributed by atoms with E-state index >= 15 is 0 Å². The van der Waals surface area contributed by atoms with Crippen molar-refractivity contribution in [2.75, 3.05) is 54.1 Å². The number of esters is 1. The van der Waals surface area contributed by atoms with Crippen LogP contribution in [0.3, 0.4) is 0 Å². The molecule has 2 atom stereocenters. The normalized spacial score (nSPS) is 15.3. The SMILES string of the molecule is CC/C=C\C/C=C\C/C=C\C/C=C\C/C=C\C/C=C\CCCOCC(COP(=O)([O-])OCC[N+](C)(C)C)OC(=O)CC. The predicted molar refractivity (Wildman–Crippen MR) is 171 cm³/mol. The van der Waals surface area contributed by atoms with Crippen LogP contribution in [0.2, 0.25) is 0 Å². The van der Waals surface area contributed by atoms with Crippen molar-refractivity contribution in [1.29, 1.82) is 0 Å². The lowest BCUT2D eigenvalue weighted by Crippen LogP contribution is -2.37. The molecule has 0 aliphatic rings. The third-order valence-electron chi connectivity index (χ3n) is 5.58. The van der Waals surface area contributed by atoms with Crippen LogP contribution in [0.1, 0.15) is 71.6 Å². The van der Waals surface area contributed by atoms with E-state index in [2.05, 4.69) is 79.8 Å². The maximum atomic E-state index is 12.0. The quantitative estimate of drug-likeness (QED) is 0.0342. The largest absolute Gasteiger partial charge is 0.756 e. The number of allylic oxidation sites excluding steroid dienone is 12. The molecule has 0 amide bonds. The van der Waals surface area contributed by atoms with Crippen molar-refractivity contribution in [3.05, 3.63) is 72.9 Å². The summed E-state index contributed by atoms with van der Waals surface area (Å²) >= 11 is 0. The third kappa shape index (κ3) is 29.4. The van der Waals surface area contributed by atoms with E-state index in [0.29, 0.717) is 17.6 Å². The Morgan fingerprint density at radius 2 is 1.24 bits per heavy atom. The molecule has 0 fully saturated rings. The number of phosphoric acid groups is 1. The summed E-state index contributed by atoms with van der Waals surface area (Å²) in [6.45, 7) is 4.49. The van der Waals surface area contributed by atoms with E-state index < -0.39 is 19.9 Å². The summed E-state index contributed by atoms with van der Waals surface area (Å²) in [5.41, 5.74) is 0. The summed E-state index contributed by atoms with van der Waals surface area (Å²) in [6.07, 6.45) is 32.9. The number of carbonyl (C=O) groups is 1. The van der Waals surface area contributed by atoms with Crippen molar-refractivity contribution in [2.45, 2.75) is 77.7 Å². The highest BCUT2D eigenvalue weighted by molar-refractivity contribution is 7.45. The summed E-state index contributed by atoms with van der Waals surface area (Å²) in [5.74, 6) is -0.447. The van der Waals surface area contributed by atoms with Crippen LogP contribution in [0.5, 0.6) is 0 Å². The molecular weight excluding hydrogens is 553 g/mol. The van der Waals surface area contributed by atoms with E-state index in [4.69, 9.17) is 18.5 Å². The minimum absolute atomic E-state index is 0.00872. The van der Waals surface area contributed by atoms with E-state index in [9.17, 15) is 14.3 Å². The number of quaternary nitrogens is 1. The minimum atomic E-state index is -4.50. The zero-order valence-electron chi connectivity index (χ0n) is 26.7. The Labute approximate surface area is 255 Å². The fraction of sp³-hybridized carbons (Fsp3) is 0.606. The second kappa shape index (κ2) is 26.6. The molecule has 0 radical (unpaired) electrons. The fourth-order valence-corrected chi connectivity index (χ4v) is 3.91. The van der Waals surface area contributed by atoms with Crippen LogP contribution in [0.15, 0.2) is 72.9 Å². The molecule has 0 aromatic heterocycles. The molecule has 240 valence electrons. The van der Waals surface area contributed by atoms with Gasteiger partial charge >= 0.3 is 5.97 Å². The Morgan fingerprint density at radius 3 is 1.71 bits per heavy atom. The standard InChI is InChI=1S/C33H56NO7P/c1-6-8-9-10-11-12-13-14-15-16-17-18-19-20-21-22-23-24-25-26-28-38-30-32(41-33(35)7-2)31-40-42(36,37)39-29-27-34(3,4)5/h8-9,11-12,14-15,17-18,20-21,23-24,32H,6-7,10,13,16,19,22,25-31H2,1-5H3/b9-8-,12-11-,15-14-,18-17-,21-20-,24-23-. The van der Waals surface area contributed by atoms with Gasteiger partial charge in [-0.2, -0.15) is 0 Å². The lowest BCUT2D eigenvalue weighted by Gasteiger charge is -2.28. The number of likely N-dealkylation sites (N-methyl/N-ethyl adjacent to an activating group) is 1. The molecular formula is C33H56NO7P. The minimum Gasteiger partial charge on any atom is -0.756 e. The van der Waals surface area contributed by atoms with Gasteiger partial charge in [0.25, 0.3) is 7.82 Å². The molecule has 0 aromatic rings. The third-order valence-corrected chi connectivity index (χ3v) is 6.54. The molecule has 0 aromatic carbocycles. The first-order valence-corrected chi connectivity index (χ1v) is 16.6. The molecule has 0 rings (SSSR count). The number of nitrogens with zero attached hydrogens (tertiary/aromatic N) is 1. The summed E-state index contributed by atoms with van der Waals surface area (Å²) in [6, 6.07) is 0. The van der Waals surface area contributed by atoms with E-state index in [-0.39, 0.29) is 26.2 Å². The topological polar surface area (TPSA) is 94.1 Å². The second-order valence-corrected chi connectivity index (χ2v) is 12.1. The molecule has 0 N–H and O–H groups in total. The first-order valence-electron chi connectivity index (χ1n) is 15.2. The molecule has 8 nitrogen and oxygen atoms in total. The van der Waals surface area contributed by atoms with Gasteiger partial charge in [0, 0.05) is 13.0 Å². The van der Waals surface area contributed by atoms with Crippen molar-refractivity contribution in [1.82, 2.24) is 0 Å². The molecule has 0 spiro atoms. The van der Waals surface area contributed by atoms with Gasteiger partial charge in [-0.1, -0.05) is 86.8 Å². The maximum absolute atomic E-state index is 12.0. The smallest absolute Gasteiger partial charge is 0.305 e. The van der Waals surface area contributed by atoms with Gasteiger partial charge in [0.2, 0.25) is 0 Å². The summed E-state index contributed by atoms with van der Waals surface area (Å²) < 4.78 is 33.3. The highest BCUT2D eigenvalue weighted by Gasteiger charge is 2.19. The van der Waals surface area contributed by atoms with Gasteiger partial charge in [0.05, 0.1) is 34.4 Å². The molecule has 2 unspecified atom stereocenters. The van der Waals surface area contributed by atoms with Crippen LogP contribution < -0.4 is 4.89 Å². The Bertz CT molecular complexity index is 901. The molecule has 42 heavy (non-hydrogen) atoms. The predicted octanol–water partition coefficient (Wildman–Crippen LogP) is 7.01. The Hall–Kier alpha value is -2.06. The number of hydrogen-bond donors (Lipinski definition) is 0. The number of unbranched alkanes of at least 4 members (excludes halogenated alkanes) is 1. The van der Waals surface area contributed by atoms with Crippen LogP contribution in [0.4, 0.5) is 0 Å². The lowest BCUT2D eigenvalue weighted by molar-refractivity contribution is -0.870. The molecule has 0 aliphatic carbocycles. The van der Waals surface area contributed by atoms with Crippen LogP contribution in [0, 0.1) is 0 Å². The van der Waals surface area contributed by atoms with Crippen molar-refractivity contribution in [2.24, 2.45) is 0 Å². The molecule has 0 saturated carbocycles. The zero-order chi connectivity index (χ0) is 31.4. The van der Waals surface area contributed by atoms with Crippen LogP contribution in [-0.4, -0.2) is 70.7 Å². The van der Waals surface area contributed by atoms with Crippen molar-refractivity contribution >= 4 is 13.8 Å². The average Bonchev–Trinajstić information content (AvgIpc) is 2.93. The number of phosphoric ester groups is 1. The molecule has 9 heteroatoms. The fourth-order valence-electron chi connectivity index (χ4n) is 3.18. The second-order valence-electron chi connectivity index (χ2n) is 10.7. The van der Waals surface area contributed by atoms with Crippen molar-refractivity contribution in [3.63, 3.8) is 0 Å². The lowest BCUT2D eigenvalue weighted by atomic mass is 10.2. The van der Waals surface area contributed by atoms with E-state index in [1.165, 1.54) is 0 Å². The molecule has 0 aliphatic heterocycles. The molecule has 0 heterocycles. The monoisotopic (exact) mass is 609 g/mol. The number of carbonyl (C=O) groups excluding carboxylic acids is 1. The van der Waals surface area contributed by atoms with Gasteiger partial charge in [-0.3, -0.25) is 9.36 Å². The van der Waals surface area contributed by atoms with Gasteiger partial charge < -0.3 is 27.9 Å². The first kappa shape index (κ1) is 39.9. The highest BCUT2D eigenvalue weighted by Crippen LogP contribution is 2.38. The van der Waals surface area contributed by atoms with Crippen LogP contribution in [-0.2, 0) is 27.9 Å². The maximum Gasteiger partial charge on any atom is 0.305 e. The number of ether oxygens (including phenoxy) is 2. The van der Waals surface area contributed by atoms with Crippen molar-refractivity contribution < 1.29 is 37.3 Å². The number of rotatable bonds is 26. The highest BCUT2D eigenvalue weighted by atomic mass is 31.2. The first-order chi connectivity index (χ1) is 20.1. The Kier molecular flexibility index (Phi) is 25.3. The molecule has 0 saturated heterocycles. The summed E-state index contributed by atoms with van der Waals surface area (Å²) in [7, 11) is 1.29.